The molecule has 19 heavy (non-hydrogen) atoms. The lowest BCUT2D eigenvalue weighted by Crippen LogP contribution is -2.30. The van der Waals surface area contributed by atoms with E-state index in [1.807, 2.05) is 11.0 Å². The lowest BCUT2D eigenvalue weighted by Gasteiger charge is -2.23. The van der Waals surface area contributed by atoms with Crippen molar-refractivity contribution in [1.82, 2.24) is 0 Å². The average Bonchev–Trinajstić information content (AvgIpc) is 2.70. The first-order valence-electron chi connectivity index (χ1n) is 6.47. The maximum absolute atomic E-state index is 11.8. The molecule has 1 fully saturated rings. The van der Waals surface area contributed by atoms with Gasteiger partial charge in [0.15, 0.2) is 0 Å². The number of nitrogens with zero attached hydrogens (tertiary/aromatic N) is 1. The molecule has 1 atom stereocenters. The van der Waals surface area contributed by atoms with Crippen molar-refractivity contribution in [1.29, 1.82) is 0 Å². The van der Waals surface area contributed by atoms with Gasteiger partial charge in [0.25, 0.3) is 0 Å². The number of anilines is 2. The van der Waals surface area contributed by atoms with Crippen LogP contribution >= 0.6 is 0 Å². The van der Waals surface area contributed by atoms with Gasteiger partial charge < -0.3 is 20.5 Å². The summed E-state index contributed by atoms with van der Waals surface area (Å²) in [5, 5.41) is 10.0. The Morgan fingerprint density at radius 1 is 1.58 bits per heavy atom. The molecule has 0 aliphatic carbocycles. The van der Waals surface area contributed by atoms with Gasteiger partial charge in [0, 0.05) is 13.1 Å². The molecule has 5 nitrogen and oxygen atoms in total. The highest BCUT2D eigenvalue weighted by atomic mass is 16.5. The second kappa shape index (κ2) is 5.09. The maximum atomic E-state index is 11.8. The molecule has 1 aliphatic heterocycles. The van der Waals surface area contributed by atoms with Gasteiger partial charge in [0.1, 0.15) is 0 Å². The molecular formula is C14H20N2O3. The summed E-state index contributed by atoms with van der Waals surface area (Å²) in [5.74, 6) is -0.409. The van der Waals surface area contributed by atoms with Crippen LogP contribution in [0.5, 0.6) is 0 Å². The van der Waals surface area contributed by atoms with Crippen LogP contribution < -0.4 is 10.6 Å². The molecule has 5 heteroatoms. The van der Waals surface area contributed by atoms with Crippen molar-refractivity contribution in [3.63, 3.8) is 0 Å². The van der Waals surface area contributed by atoms with Crippen LogP contribution in [-0.4, -0.2) is 36.4 Å². The third-order valence-electron chi connectivity index (χ3n) is 3.37. The molecule has 2 rings (SSSR count). The van der Waals surface area contributed by atoms with Crippen molar-refractivity contribution < 1.29 is 14.6 Å². The number of hydrogen-bond acceptors (Lipinski definition) is 5. The summed E-state index contributed by atoms with van der Waals surface area (Å²) < 4.78 is 4.98. The highest BCUT2D eigenvalue weighted by Gasteiger charge is 2.32. The number of carbonyl (C=O) groups excluding carboxylic acids is 1. The number of hydrogen-bond donors (Lipinski definition) is 2. The van der Waals surface area contributed by atoms with Crippen LogP contribution in [0.3, 0.4) is 0 Å². The molecule has 0 radical (unpaired) electrons. The van der Waals surface area contributed by atoms with Gasteiger partial charge in [0.05, 0.1) is 29.1 Å². The summed E-state index contributed by atoms with van der Waals surface area (Å²) in [5.41, 5.74) is 6.93. The number of nitrogen functional groups attached to an aromatic ring is 1. The fraction of sp³-hybridized carbons (Fsp3) is 0.500. The predicted molar refractivity (Wildman–Crippen MR) is 74.3 cm³/mol. The summed E-state index contributed by atoms with van der Waals surface area (Å²) in [4.78, 5) is 13.8. The van der Waals surface area contributed by atoms with E-state index in [9.17, 15) is 9.90 Å². The lowest BCUT2D eigenvalue weighted by atomic mass is 10.1. The minimum Gasteiger partial charge on any atom is -0.462 e. The SMILES string of the molecule is CCOC(=O)c1cccc(N2CCC(C)(O)C2)c1N. The second-order valence-electron chi connectivity index (χ2n) is 5.13. The molecule has 0 saturated carbocycles. The van der Waals surface area contributed by atoms with Crippen LogP contribution in [0.4, 0.5) is 11.4 Å². The van der Waals surface area contributed by atoms with Gasteiger partial charge in [-0.3, -0.25) is 0 Å². The second-order valence-corrected chi connectivity index (χ2v) is 5.13. The van der Waals surface area contributed by atoms with Crippen LogP contribution in [0.2, 0.25) is 0 Å². The monoisotopic (exact) mass is 264 g/mol. The standard InChI is InChI=1S/C14H20N2O3/c1-3-19-13(17)10-5-4-6-11(12(10)15)16-8-7-14(2,18)9-16/h4-6,18H,3,7-9,15H2,1-2H3. The Balaban J connectivity index is 2.28. The Hall–Kier alpha value is -1.75. The molecule has 0 bridgehead atoms. The summed E-state index contributed by atoms with van der Waals surface area (Å²) in [6.07, 6.45) is 0.691. The van der Waals surface area contributed by atoms with E-state index in [0.29, 0.717) is 30.8 Å². The van der Waals surface area contributed by atoms with Crippen molar-refractivity contribution in [3.8, 4) is 0 Å². The topological polar surface area (TPSA) is 75.8 Å². The third-order valence-corrected chi connectivity index (χ3v) is 3.37. The summed E-state index contributed by atoms with van der Waals surface area (Å²) in [6.45, 7) is 5.13. The van der Waals surface area contributed by atoms with Crippen molar-refractivity contribution in [2.24, 2.45) is 0 Å². The minimum absolute atomic E-state index is 0.320. The molecule has 0 amide bonds. The van der Waals surface area contributed by atoms with Gasteiger partial charge >= 0.3 is 5.97 Å². The molecule has 0 spiro atoms. The summed E-state index contributed by atoms with van der Waals surface area (Å²) in [6, 6.07) is 5.30. The van der Waals surface area contributed by atoms with Gasteiger partial charge in [0.2, 0.25) is 0 Å². The predicted octanol–water partition coefficient (Wildman–Crippen LogP) is 1.41. The van der Waals surface area contributed by atoms with E-state index in [0.717, 1.165) is 12.2 Å². The van der Waals surface area contributed by atoms with E-state index in [2.05, 4.69) is 0 Å². The Morgan fingerprint density at radius 2 is 2.32 bits per heavy atom. The Labute approximate surface area is 113 Å². The number of ether oxygens (including phenoxy) is 1. The molecule has 1 aromatic rings. The van der Waals surface area contributed by atoms with Crippen molar-refractivity contribution in [2.75, 3.05) is 30.3 Å². The van der Waals surface area contributed by atoms with Gasteiger partial charge in [-0.25, -0.2) is 4.79 Å². The van der Waals surface area contributed by atoms with Crippen LogP contribution in [0.15, 0.2) is 18.2 Å². The fourth-order valence-corrected chi connectivity index (χ4v) is 2.37. The van der Waals surface area contributed by atoms with Gasteiger partial charge in [-0.05, 0) is 32.4 Å². The Bertz CT molecular complexity index is 486. The number of carbonyl (C=O) groups is 1. The summed E-state index contributed by atoms with van der Waals surface area (Å²) >= 11 is 0. The summed E-state index contributed by atoms with van der Waals surface area (Å²) in [7, 11) is 0. The molecule has 1 saturated heterocycles. The van der Waals surface area contributed by atoms with Crippen LogP contribution in [-0.2, 0) is 4.74 Å². The number of β-amino-alcohol motifs (C(OH)–C–C–N with tert-alkyl or cyclic N) is 1. The number of aliphatic hydroxyl groups is 1. The fourth-order valence-electron chi connectivity index (χ4n) is 2.37. The van der Waals surface area contributed by atoms with Crippen molar-refractivity contribution in [3.05, 3.63) is 23.8 Å². The first-order chi connectivity index (χ1) is 8.94. The Kier molecular flexibility index (Phi) is 3.66. The molecular weight excluding hydrogens is 244 g/mol. The Morgan fingerprint density at radius 3 is 2.89 bits per heavy atom. The van der Waals surface area contributed by atoms with Gasteiger partial charge in [-0.1, -0.05) is 6.07 Å². The number of rotatable bonds is 3. The van der Waals surface area contributed by atoms with Gasteiger partial charge in [-0.2, -0.15) is 0 Å². The first kappa shape index (κ1) is 13.7. The molecule has 3 N–H and O–H groups in total. The largest absolute Gasteiger partial charge is 0.462 e. The number of benzene rings is 1. The molecule has 1 heterocycles. The minimum atomic E-state index is -0.702. The van der Waals surface area contributed by atoms with Gasteiger partial charge in [-0.15, -0.1) is 0 Å². The molecule has 1 unspecified atom stereocenters. The van der Waals surface area contributed by atoms with Crippen molar-refractivity contribution >= 4 is 17.3 Å². The zero-order valence-electron chi connectivity index (χ0n) is 11.3. The third kappa shape index (κ3) is 2.81. The average molecular weight is 264 g/mol. The molecule has 0 aromatic heterocycles. The van der Waals surface area contributed by atoms with E-state index >= 15 is 0 Å². The number of nitrogens with two attached hydrogens (primary N) is 1. The number of esters is 1. The zero-order valence-corrected chi connectivity index (χ0v) is 11.3. The van der Waals surface area contributed by atoms with E-state index < -0.39 is 11.6 Å². The zero-order chi connectivity index (χ0) is 14.0. The number of para-hydroxylation sites is 1. The molecule has 1 aliphatic rings. The first-order valence-corrected chi connectivity index (χ1v) is 6.47. The van der Waals surface area contributed by atoms with Crippen LogP contribution in [0, 0.1) is 0 Å². The normalized spacial score (nSPS) is 22.6. The van der Waals surface area contributed by atoms with Crippen LogP contribution in [0.1, 0.15) is 30.6 Å². The highest BCUT2D eigenvalue weighted by molar-refractivity contribution is 5.98. The lowest BCUT2D eigenvalue weighted by molar-refractivity contribution is 0.0527. The maximum Gasteiger partial charge on any atom is 0.340 e. The van der Waals surface area contributed by atoms with E-state index in [1.165, 1.54) is 0 Å². The van der Waals surface area contributed by atoms with E-state index in [-0.39, 0.29) is 0 Å². The smallest absolute Gasteiger partial charge is 0.340 e. The van der Waals surface area contributed by atoms with Crippen molar-refractivity contribution in [2.45, 2.75) is 25.9 Å². The van der Waals surface area contributed by atoms with Crippen LogP contribution in [0.25, 0.3) is 0 Å². The highest BCUT2D eigenvalue weighted by Crippen LogP contribution is 2.32. The van der Waals surface area contributed by atoms with E-state index in [1.54, 1.807) is 26.0 Å². The van der Waals surface area contributed by atoms with E-state index in [4.69, 9.17) is 10.5 Å². The molecule has 104 valence electrons. The quantitative estimate of drug-likeness (QED) is 0.637. The molecule has 1 aromatic carbocycles.